The van der Waals surface area contributed by atoms with Gasteiger partial charge in [0.1, 0.15) is 5.75 Å². The van der Waals surface area contributed by atoms with Crippen molar-refractivity contribution in [2.45, 2.75) is 6.92 Å². The molecule has 0 fully saturated rings. The molecule has 15 heavy (non-hydrogen) atoms. The van der Waals surface area contributed by atoms with E-state index in [1.807, 2.05) is 31.2 Å². The third kappa shape index (κ3) is 3.14. The van der Waals surface area contributed by atoms with Crippen molar-refractivity contribution in [3.63, 3.8) is 0 Å². The third-order valence-electron chi connectivity index (χ3n) is 1.95. The maximum Gasteiger partial charge on any atom is 0.152 e. The van der Waals surface area contributed by atoms with Crippen LogP contribution in [0.25, 0.3) is 0 Å². The predicted molar refractivity (Wildman–Crippen MR) is 60.3 cm³/mol. The molecule has 1 aromatic carbocycles. The molecule has 0 saturated carbocycles. The van der Waals surface area contributed by atoms with E-state index in [4.69, 9.17) is 16.3 Å². The lowest BCUT2D eigenvalue weighted by molar-refractivity contribution is 0.316. The summed E-state index contributed by atoms with van der Waals surface area (Å²) >= 11 is 0. The second-order valence-corrected chi connectivity index (χ2v) is 2.97. The average Bonchev–Trinajstić information content (AvgIpc) is 2.29. The topological polar surface area (TPSA) is 76.9 Å². The molecule has 0 unspecified atom stereocenters. The van der Waals surface area contributed by atoms with Crippen molar-refractivity contribution < 1.29 is 4.74 Å². The molecule has 0 aliphatic heterocycles. The molecule has 5 nitrogen and oxygen atoms in total. The fourth-order valence-corrected chi connectivity index (χ4v) is 1.03. The Morgan fingerprint density at radius 1 is 1.40 bits per heavy atom. The molecule has 82 valence electrons. The van der Waals surface area contributed by atoms with Gasteiger partial charge < -0.3 is 10.5 Å². The Labute approximate surface area is 89.3 Å². The summed E-state index contributed by atoms with van der Waals surface area (Å²) in [5.41, 5.74) is 6.57. The van der Waals surface area contributed by atoms with Gasteiger partial charge in [-0.05, 0) is 31.2 Å². The van der Waals surface area contributed by atoms with Crippen molar-refractivity contribution in [2.24, 2.45) is 16.7 Å². The number of benzene rings is 1. The number of nitrogens with two attached hydrogens (primary N) is 2. The van der Waals surface area contributed by atoms with E-state index in [1.54, 1.807) is 7.11 Å². The van der Waals surface area contributed by atoms with E-state index in [-0.39, 0.29) is 0 Å². The number of hydrazone groups is 1. The Kier molecular flexibility index (Phi) is 3.93. The van der Waals surface area contributed by atoms with Crippen LogP contribution in [0, 0.1) is 0 Å². The lowest BCUT2D eigenvalue weighted by Gasteiger charge is -2.10. The molecule has 0 atom stereocenters. The minimum Gasteiger partial charge on any atom is -0.497 e. The van der Waals surface area contributed by atoms with E-state index in [2.05, 4.69) is 5.10 Å². The van der Waals surface area contributed by atoms with Crippen LogP contribution in [0.15, 0.2) is 29.4 Å². The summed E-state index contributed by atoms with van der Waals surface area (Å²) < 4.78 is 5.04. The highest BCUT2D eigenvalue weighted by Crippen LogP contribution is 2.10. The van der Waals surface area contributed by atoms with E-state index >= 15 is 0 Å². The monoisotopic (exact) mass is 208 g/mol. The normalized spacial score (nSPS) is 11.3. The molecule has 1 aromatic rings. The van der Waals surface area contributed by atoms with Gasteiger partial charge >= 0.3 is 0 Å². The Morgan fingerprint density at radius 2 is 2.00 bits per heavy atom. The summed E-state index contributed by atoms with van der Waals surface area (Å²) in [4.78, 5) is 0. The first kappa shape index (κ1) is 11.3. The van der Waals surface area contributed by atoms with Crippen LogP contribution in [0.1, 0.15) is 12.5 Å². The number of rotatable bonds is 4. The number of amidine groups is 1. The summed E-state index contributed by atoms with van der Waals surface area (Å²) in [5.74, 6) is 6.68. The molecule has 0 aliphatic rings. The van der Waals surface area contributed by atoms with Gasteiger partial charge in [-0.3, -0.25) is 0 Å². The second kappa shape index (κ2) is 5.21. The van der Waals surface area contributed by atoms with Crippen LogP contribution in [0.4, 0.5) is 0 Å². The van der Waals surface area contributed by atoms with Gasteiger partial charge in [-0.15, -0.1) is 5.10 Å². The Hall–Kier alpha value is -1.75. The number of hydrogen-bond acceptors (Lipinski definition) is 4. The quantitative estimate of drug-likeness (QED) is 0.327. The number of ether oxygens (including phenoxy) is 1. The molecule has 1 rings (SSSR count). The molecule has 0 radical (unpaired) electrons. The van der Waals surface area contributed by atoms with Gasteiger partial charge in [-0.1, -0.05) is 0 Å². The van der Waals surface area contributed by atoms with Crippen molar-refractivity contribution in [2.75, 3.05) is 13.7 Å². The molecule has 0 aliphatic carbocycles. The van der Waals surface area contributed by atoms with Crippen LogP contribution in [-0.2, 0) is 0 Å². The smallest absolute Gasteiger partial charge is 0.152 e. The molecule has 0 aromatic heterocycles. The van der Waals surface area contributed by atoms with Crippen LogP contribution in [0.2, 0.25) is 0 Å². The minimum atomic E-state index is 0.391. The highest BCUT2D eigenvalue weighted by molar-refractivity contribution is 5.97. The third-order valence-corrected chi connectivity index (χ3v) is 1.95. The van der Waals surface area contributed by atoms with Crippen molar-refractivity contribution in [1.82, 2.24) is 5.12 Å². The fourth-order valence-electron chi connectivity index (χ4n) is 1.03. The number of hydrogen-bond donors (Lipinski definition) is 2. The van der Waals surface area contributed by atoms with Gasteiger partial charge in [0, 0.05) is 5.56 Å². The predicted octanol–water partition coefficient (Wildman–Crippen LogP) is 0.511. The zero-order valence-corrected chi connectivity index (χ0v) is 8.97. The zero-order chi connectivity index (χ0) is 11.3. The van der Waals surface area contributed by atoms with Gasteiger partial charge in [0.25, 0.3) is 0 Å². The van der Waals surface area contributed by atoms with E-state index < -0.39 is 0 Å². The van der Waals surface area contributed by atoms with Crippen LogP contribution in [-0.4, -0.2) is 24.6 Å². The lowest BCUT2D eigenvalue weighted by atomic mass is 10.2. The highest BCUT2D eigenvalue weighted by atomic mass is 16.5. The first-order valence-corrected chi connectivity index (χ1v) is 4.68. The molecule has 0 bridgehead atoms. The fraction of sp³-hybridized carbons (Fsp3) is 0.300. The molecular weight excluding hydrogens is 192 g/mol. The molecule has 4 N–H and O–H groups in total. The van der Waals surface area contributed by atoms with E-state index in [0.29, 0.717) is 12.4 Å². The van der Waals surface area contributed by atoms with E-state index in [0.717, 1.165) is 11.3 Å². The number of nitrogens with zero attached hydrogens (tertiary/aromatic N) is 2. The van der Waals surface area contributed by atoms with Crippen LogP contribution >= 0.6 is 0 Å². The second-order valence-electron chi connectivity index (χ2n) is 2.97. The summed E-state index contributed by atoms with van der Waals surface area (Å²) in [7, 11) is 1.62. The first-order valence-electron chi connectivity index (χ1n) is 4.68. The van der Waals surface area contributed by atoms with E-state index in [1.165, 1.54) is 5.12 Å². The van der Waals surface area contributed by atoms with Crippen molar-refractivity contribution >= 4 is 5.84 Å². The standard InChI is InChI=1S/C10H16N4O/c1-3-14(12)13-10(11)8-4-6-9(15-2)7-5-8/h4-7H,3,12H2,1-2H3,(H2,11,13). The molecular formula is C10H16N4O. The van der Waals surface area contributed by atoms with Crippen LogP contribution in [0.5, 0.6) is 5.75 Å². The van der Waals surface area contributed by atoms with E-state index in [9.17, 15) is 0 Å². The zero-order valence-electron chi connectivity index (χ0n) is 8.97. The van der Waals surface area contributed by atoms with Crippen LogP contribution < -0.4 is 16.3 Å². The Morgan fingerprint density at radius 3 is 2.47 bits per heavy atom. The first-order chi connectivity index (χ1) is 7.17. The van der Waals surface area contributed by atoms with Gasteiger partial charge in [-0.2, -0.15) is 0 Å². The maximum atomic E-state index is 5.75. The Balaban J connectivity index is 2.82. The maximum absolute atomic E-state index is 5.75. The lowest BCUT2D eigenvalue weighted by Crippen LogP contribution is -2.29. The number of methoxy groups -OCH3 is 1. The van der Waals surface area contributed by atoms with Gasteiger partial charge in [0.15, 0.2) is 5.84 Å². The molecule has 5 heteroatoms. The highest BCUT2D eigenvalue weighted by Gasteiger charge is 2.00. The van der Waals surface area contributed by atoms with Crippen molar-refractivity contribution in [1.29, 1.82) is 0 Å². The summed E-state index contributed by atoms with van der Waals surface area (Å²) in [6.45, 7) is 2.50. The molecule has 0 saturated heterocycles. The minimum absolute atomic E-state index is 0.391. The summed E-state index contributed by atoms with van der Waals surface area (Å²) in [6.07, 6.45) is 0. The van der Waals surface area contributed by atoms with Gasteiger partial charge in [0.05, 0.1) is 13.7 Å². The number of hydrazine groups is 1. The van der Waals surface area contributed by atoms with Crippen molar-refractivity contribution in [3.8, 4) is 5.75 Å². The van der Waals surface area contributed by atoms with Gasteiger partial charge in [-0.25, -0.2) is 11.0 Å². The average molecular weight is 208 g/mol. The molecule has 0 spiro atoms. The van der Waals surface area contributed by atoms with Gasteiger partial charge in [0.2, 0.25) is 0 Å². The van der Waals surface area contributed by atoms with Crippen LogP contribution in [0.3, 0.4) is 0 Å². The largest absolute Gasteiger partial charge is 0.497 e. The Bertz CT molecular complexity index is 334. The SMILES string of the molecule is CCN(N)/N=C(\N)c1ccc(OC)cc1. The van der Waals surface area contributed by atoms with Crippen molar-refractivity contribution in [3.05, 3.63) is 29.8 Å². The summed E-state index contributed by atoms with van der Waals surface area (Å²) in [5, 5.41) is 5.28. The molecule has 0 amide bonds. The molecule has 0 heterocycles. The summed E-state index contributed by atoms with van der Waals surface area (Å²) in [6, 6.07) is 7.32.